The molecule has 11 heteroatoms. The van der Waals surface area contributed by atoms with Crippen LogP contribution in [0.2, 0.25) is 5.02 Å². The van der Waals surface area contributed by atoms with Gasteiger partial charge in [-0.25, -0.2) is 4.98 Å². The van der Waals surface area contributed by atoms with Crippen LogP contribution in [0.25, 0.3) is 5.69 Å². The second-order valence-corrected chi connectivity index (χ2v) is 9.01. The number of nitrogens with zero attached hydrogens (tertiary/aromatic N) is 3. The highest BCUT2D eigenvalue weighted by atomic mass is 35.5. The Morgan fingerprint density at radius 2 is 2.06 bits per heavy atom. The Morgan fingerprint density at radius 1 is 1.29 bits per heavy atom. The second-order valence-electron chi connectivity index (χ2n) is 6.53. The van der Waals surface area contributed by atoms with Gasteiger partial charge in [-0.15, -0.1) is 11.8 Å². The van der Waals surface area contributed by atoms with Gasteiger partial charge in [-0.05, 0) is 30.3 Å². The summed E-state index contributed by atoms with van der Waals surface area (Å²) in [7, 11) is 0. The predicted molar refractivity (Wildman–Crippen MR) is 122 cm³/mol. The number of fused-ring (bicyclic) bond motifs is 1. The Bertz CT molecular complexity index is 1230. The maximum atomic E-state index is 13.1. The van der Waals surface area contributed by atoms with Crippen molar-refractivity contribution in [3.8, 4) is 5.69 Å². The van der Waals surface area contributed by atoms with Crippen LogP contribution >= 0.6 is 35.1 Å². The Labute approximate surface area is 190 Å². The van der Waals surface area contributed by atoms with Gasteiger partial charge < -0.3 is 5.32 Å². The minimum absolute atomic E-state index is 0.0257. The van der Waals surface area contributed by atoms with Gasteiger partial charge in [0.1, 0.15) is 0 Å². The number of thioether (sulfide) groups is 2. The number of non-ortho nitro benzene ring substituents is 1. The van der Waals surface area contributed by atoms with Crippen LogP contribution in [0.1, 0.15) is 5.69 Å². The molecule has 0 saturated heterocycles. The topological polar surface area (TPSA) is 107 Å². The molecule has 8 nitrogen and oxygen atoms in total. The molecule has 0 unspecified atom stereocenters. The van der Waals surface area contributed by atoms with Gasteiger partial charge in [-0.1, -0.05) is 29.4 Å². The number of carbonyl (C=O) groups is 1. The van der Waals surface area contributed by atoms with Crippen LogP contribution in [-0.4, -0.2) is 31.9 Å². The lowest BCUT2D eigenvalue weighted by atomic mass is 10.2. The first-order chi connectivity index (χ1) is 14.9. The second kappa shape index (κ2) is 9.13. The fraction of sp³-hybridized carbons (Fsp3) is 0.150. The third-order valence-corrected chi connectivity index (χ3v) is 6.71. The molecule has 3 aromatic rings. The quantitative estimate of drug-likeness (QED) is 0.247. The summed E-state index contributed by atoms with van der Waals surface area (Å²) in [5, 5.41) is 14.6. The van der Waals surface area contributed by atoms with E-state index in [4.69, 9.17) is 11.6 Å². The molecule has 0 saturated carbocycles. The van der Waals surface area contributed by atoms with Crippen molar-refractivity contribution in [1.82, 2.24) is 9.55 Å². The molecule has 2 heterocycles. The lowest BCUT2D eigenvalue weighted by Crippen LogP contribution is -2.24. The van der Waals surface area contributed by atoms with E-state index in [1.54, 1.807) is 24.3 Å². The van der Waals surface area contributed by atoms with Gasteiger partial charge in [0.2, 0.25) is 5.91 Å². The Morgan fingerprint density at radius 3 is 2.77 bits per heavy atom. The number of amides is 1. The van der Waals surface area contributed by atoms with Crippen molar-refractivity contribution in [2.45, 2.75) is 16.5 Å². The van der Waals surface area contributed by atoms with Crippen molar-refractivity contribution in [1.29, 1.82) is 0 Å². The molecule has 0 spiro atoms. The zero-order chi connectivity index (χ0) is 22.0. The number of aryl methyl sites for hydroxylation is 1. The van der Waals surface area contributed by atoms with Gasteiger partial charge in [0.15, 0.2) is 5.16 Å². The molecule has 0 fully saturated rings. The molecule has 1 aliphatic rings. The highest BCUT2D eigenvalue weighted by Gasteiger charge is 2.23. The number of halogens is 1. The summed E-state index contributed by atoms with van der Waals surface area (Å²) in [5.74, 6) is 0.519. The zero-order valence-corrected chi connectivity index (χ0v) is 18.3. The van der Waals surface area contributed by atoms with E-state index in [1.165, 1.54) is 40.6 Å². The molecule has 4 rings (SSSR count). The fourth-order valence-corrected chi connectivity index (χ4v) is 5.08. The molecule has 0 radical (unpaired) electrons. The van der Waals surface area contributed by atoms with Crippen molar-refractivity contribution >= 4 is 52.4 Å². The lowest BCUT2D eigenvalue weighted by molar-refractivity contribution is -0.384. The standard InChI is InChI=1S/C20H15ClN4O4S2/c21-12-2-1-3-13(10-12)22-17(26)11-31-20-23-16-8-9-30-18(16)19(27)24(20)14-4-6-15(7-5-14)25(28)29/h1-7,10H,8-9,11H2,(H,22,26). The van der Waals surface area contributed by atoms with Crippen LogP contribution in [0.5, 0.6) is 0 Å². The van der Waals surface area contributed by atoms with E-state index >= 15 is 0 Å². The number of hydrogen-bond donors (Lipinski definition) is 1. The van der Waals surface area contributed by atoms with E-state index in [0.29, 0.717) is 38.6 Å². The molecule has 0 bridgehead atoms. The van der Waals surface area contributed by atoms with Gasteiger partial charge in [0, 0.05) is 35.0 Å². The van der Waals surface area contributed by atoms with Crippen LogP contribution in [0.4, 0.5) is 11.4 Å². The monoisotopic (exact) mass is 474 g/mol. The van der Waals surface area contributed by atoms with Crippen molar-refractivity contribution in [3.05, 3.63) is 79.7 Å². The third kappa shape index (κ3) is 4.76. The Kier molecular flexibility index (Phi) is 6.30. The molecule has 2 aromatic carbocycles. The average molecular weight is 475 g/mol. The van der Waals surface area contributed by atoms with E-state index in [9.17, 15) is 19.7 Å². The highest BCUT2D eigenvalue weighted by Crippen LogP contribution is 2.30. The average Bonchev–Trinajstić information content (AvgIpc) is 3.21. The summed E-state index contributed by atoms with van der Waals surface area (Å²) < 4.78 is 1.40. The first-order valence-corrected chi connectivity index (χ1v) is 11.5. The van der Waals surface area contributed by atoms with Crippen LogP contribution in [0.15, 0.2) is 63.4 Å². The molecular weight excluding hydrogens is 460 g/mol. The number of rotatable bonds is 6. The van der Waals surface area contributed by atoms with Crippen molar-refractivity contribution < 1.29 is 9.72 Å². The fourth-order valence-electron chi connectivity index (χ4n) is 3.03. The van der Waals surface area contributed by atoms with Gasteiger partial charge in [-0.2, -0.15) is 0 Å². The normalized spacial score (nSPS) is 12.4. The molecule has 158 valence electrons. The van der Waals surface area contributed by atoms with E-state index in [-0.39, 0.29) is 22.9 Å². The largest absolute Gasteiger partial charge is 0.325 e. The SMILES string of the molecule is O=C(CSc1nc2c(c(=O)n1-c1ccc([N+](=O)[O-])cc1)SCC2)Nc1cccc(Cl)c1. The van der Waals surface area contributed by atoms with Crippen molar-refractivity contribution in [2.24, 2.45) is 0 Å². The highest BCUT2D eigenvalue weighted by molar-refractivity contribution is 8.00. The predicted octanol–water partition coefficient (Wildman–Crippen LogP) is 4.17. The first-order valence-electron chi connectivity index (χ1n) is 9.14. The molecule has 1 amide bonds. The van der Waals surface area contributed by atoms with Crippen molar-refractivity contribution in [2.75, 3.05) is 16.8 Å². The summed E-state index contributed by atoms with van der Waals surface area (Å²) >= 11 is 8.51. The molecule has 0 atom stereocenters. The smallest absolute Gasteiger partial charge is 0.272 e. The van der Waals surface area contributed by atoms with Crippen LogP contribution in [0, 0.1) is 10.1 Å². The molecule has 0 aliphatic carbocycles. The number of nitrogens with one attached hydrogen (secondary N) is 1. The number of benzene rings is 2. The number of carbonyl (C=O) groups excluding carboxylic acids is 1. The van der Waals surface area contributed by atoms with Crippen molar-refractivity contribution in [3.63, 3.8) is 0 Å². The zero-order valence-electron chi connectivity index (χ0n) is 15.9. The summed E-state index contributed by atoms with van der Waals surface area (Å²) in [6.07, 6.45) is 0.679. The third-order valence-electron chi connectivity index (χ3n) is 4.43. The van der Waals surface area contributed by atoms with E-state index in [0.717, 1.165) is 17.5 Å². The summed E-state index contributed by atoms with van der Waals surface area (Å²) in [6.45, 7) is 0. The minimum Gasteiger partial charge on any atom is -0.325 e. The van der Waals surface area contributed by atoms with Gasteiger partial charge in [-0.3, -0.25) is 24.3 Å². The van der Waals surface area contributed by atoms with Crippen LogP contribution in [-0.2, 0) is 11.2 Å². The van der Waals surface area contributed by atoms with Gasteiger partial charge in [0.25, 0.3) is 11.2 Å². The molecule has 1 aromatic heterocycles. The van der Waals surface area contributed by atoms with E-state index in [2.05, 4.69) is 10.3 Å². The maximum absolute atomic E-state index is 13.1. The minimum atomic E-state index is -0.501. The molecule has 31 heavy (non-hydrogen) atoms. The number of nitro benzene ring substituents is 1. The van der Waals surface area contributed by atoms with E-state index < -0.39 is 4.92 Å². The van der Waals surface area contributed by atoms with Crippen LogP contribution in [0.3, 0.4) is 0 Å². The number of aromatic nitrogens is 2. The molecule has 1 N–H and O–H groups in total. The Hall–Kier alpha value is -2.82. The Balaban J connectivity index is 1.62. The molecule has 1 aliphatic heterocycles. The first kappa shape index (κ1) is 21.4. The number of anilines is 1. The number of nitro groups is 1. The summed E-state index contributed by atoms with van der Waals surface area (Å²) in [5.41, 5.74) is 1.43. The summed E-state index contributed by atoms with van der Waals surface area (Å²) in [4.78, 5) is 41.2. The van der Waals surface area contributed by atoms with Crippen LogP contribution < -0.4 is 10.9 Å². The summed E-state index contributed by atoms with van der Waals surface area (Å²) in [6, 6.07) is 12.5. The van der Waals surface area contributed by atoms with Gasteiger partial charge in [0.05, 0.1) is 27.0 Å². The van der Waals surface area contributed by atoms with Gasteiger partial charge >= 0.3 is 0 Å². The van der Waals surface area contributed by atoms with E-state index in [1.807, 2.05) is 0 Å². The maximum Gasteiger partial charge on any atom is 0.272 e. The number of hydrogen-bond acceptors (Lipinski definition) is 7. The lowest BCUT2D eigenvalue weighted by Gasteiger charge is -2.13. The molecular formula is C20H15ClN4O4S2.